The third-order valence-corrected chi connectivity index (χ3v) is 4.47. The number of likely N-dealkylation sites (tertiary alicyclic amines) is 1. The monoisotopic (exact) mass is 267 g/mol. The summed E-state index contributed by atoms with van der Waals surface area (Å²) in [6.07, 6.45) is 5.88. The summed E-state index contributed by atoms with van der Waals surface area (Å²) in [5.41, 5.74) is 0. The molecule has 0 radical (unpaired) electrons. The summed E-state index contributed by atoms with van der Waals surface area (Å²) in [4.78, 5) is 16.9. The Hall–Kier alpha value is -0.610. The van der Waals surface area contributed by atoms with Gasteiger partial charge in [0.2, 0.25) is 5.91 Å². The lowest BCUT2D eigenvalue weighted by atomic mass is 10.0. The maximum absolute atomic E-state index is 12.4. The lowest BCUT2D eigenvalue weighted by molar-refractivity contribution is -0.136. The molecule has 1 saturated heterocycles. The number of carbonyl (C=O) groups is 1. The Balaban J connectivity index is 1.82. The van der Waals surface area contributed by atoms with Crippen LogP contribution in [0, 0.1) is 0 Å². The van der Waals surface area contributed by atoms with Crippen molar-refractivity contribution in [2.24, 2.45) is 0 Å². The van der Waals surface area contributed by atoms with E-state index in [0.717, 1.165) is 44.9 Å². The van der Waals surface area contributed by atoms with Crippen molar-refractivity contribution in [3.8, 4) is 0 Å². The highest BCUT2D eigenvalue weighted by Crippen LogP contribution is 2.27. The molecule has 2 unspecified atom stereocenters. The Kier molecular flexibility index (Phi) is 5.22. The van der Waals surface area contributed by atoms with Gasteiger partial charge in [0.15, 0.2) is 0 Å². The first-order chi connectivity index (χ1) is 9.13. The number of hydrogen-bond donors (Lipinski definition) is 1. The first-order valence-corrected chi connectivity index (χ1v) is 7.87. The third-order valence-electron chi connectivity index (χ3n) is 4.47. The van der Waals surface area contributed by atoms with Gasteiger partial charge in [0, 0.05) is 25.2 Å². The largest absolute Gasteiger partial charge is 0.340 e. The first kappa shape index (κ1) is 14.8. The number of nitrogens with zero attached hydrogens (tertiary/aromatic N) is 2. The van der Waals surface area contributed by atoms with Crippen LogP contribution in [-0.4, -0.2) is 60.5 Å². The molecule has 0 aromatic heterocycles. The van der Waals surface area contributed by atoms with Gasteiger partial charge in [0.25, 0.3) is 0 Å². The molecule has 0 bridgehead atoms. The number of amides is 1. The van der Waals surface area contributed by atoms with E-state index < -0.39 is 0 Å². The van der Waals surface area contributed by atoms with E-state index in [1.54, 1.807) is 0 Å². The normalized spacial score (nSPS) is 26.0. The molecule has 2 atom stereocenters. The quantitative estimate of drug-likeness (QED) is 0.758. The summed E-state index contributed by atoms with van der Waals surface area (Å²) < 4.78 is 0. The van der Waals surface area contributed by atoms with E-state index in [1.807, 2.05) is 0 Å². The van der Waals surface area contributed by atoms with E-state index in [-0.39, 0.29) is 6.04 Å². The SMILES string of the molecule is CCCNC1CCCN(CC(C)N(C)C2CC2)C1=O. The Morgan fingerprint density at radius 3 is 2.79 bits per heavy atom. The first-order valence-electron chi connectivity index (χ1n) is 7.87. The van der Waals surface area contributed by atoms with Crippen molar-refractivity contribution in [2.75, 3.05) is 26.7 Å². The van der Waals surface area contributed by atoms with Crippen LogP contribution in [0.4, 0.5) is 0 Å². The second-order valence-corrected chi connectivity index (χ2v) is 6.18. The highest BCUT2D eigenvalue weighted by Gasteiger charge is 2.33. The summed E-state index contributed by atoms with van der Waals surface area (Å²) in [5, 5.41) is 3.38. The summed E-state index contributed by atoms with van der Waals surface area (Å²) in [6, 6.07) is 1.30. The molecular weight excluding hydrogens is 238 g/mol. The Morgan fingerprint density at radius 2 is 2.16 bits per heavy atom. The number of likely N-dealkylation sites (N-methyl/N-ethyl adjacent to an activating group) is 1. The molecule has 4 heteroatoms. The van der Waals surface area contributed by atoms with E-state index >= 15 is 0 Å². The van der Waals surface area contributed by atoms with Gasteiger partial charge >= 0.3 is 0 Å². The molecule has 1 saturated carbocycles. The molecule has 0 aromatic carbocycles. The zero-order valence-electron chi connectivity index (χ0n) is 12.7. The van der Waals surface area contributed by atoms with Gasteiger partial charge in [0.05, 0.1) is 6.04 Å². The van der Waals surface area contributed by atoms with E-state index in [2.05, 4.69) is 36.0 Å². The van der Waals surface area contributed by atoms with Crippen LogP contribution in [0.1, 0.15) is 46.0 Å². The molecule has 0 spiro atoms. The molecule has 1 aliphatic carbocycles. The van der Waals surface area contributed by atoms with E-state index in [1.165, 1.54) is 12.8 Å². The van der Waals surface area contributed by atoms with Crippen molar-refractivity contribution in [3.05, 3.63) is 0 Å². The molecule has 1 N–H and O–H groups in total. The van der Waals surface area contributed by atoms with Gasteiger partial charge in [0.1, 0.15) is 0 Å². The molecule has 110 valence electrons. The maximum Gasteiger partial charge on any atom is 0.239 e. The van der Waals surface area contributed by atoms with Crippen LogP contribution < -0.4 is 5.32 Å². The smallest absolute Gasteiger partial charge is 0.239 e. The molecule has 0 aromatic rings. The molecule has 4 nitrogen and oxygen atoms in total. The summed E-state index contributed by atoms with van der Waals surface area (Å²) in [5.74, 6) is 0.316. The number of piperidine rings is 1. The number of rotatable bonds is 7. The van der Waals surface area contributed by atoms with Crippen molar-refractivity contribution < 1.29 is 4.79 Å². The van der Waals surface area contributed by atoms with Gasteiger partial charge < -0.3 is 10.2 Å². The Morgan fingerprint density at radius 1 is 1.42 bits per heavy atom. The average Bonchev–Trinajstić information content (AvgIpc) is 3.23. The van der Waals surface area contributed by atoms with Gasteiger partial charge in [-0.3, -0.25) is 9.69 Å². The molecule has 2 rings (SSSR count). The predicted octanol–water partition coefficient (Wildman–Crippen LogP) is 1.46. The van der Waals surface area contributed by atoms with Gasteiger partial charge in [-0.2, -0.15) is 0 Å². The summed E-state index contributed by atoms with van der Waals surface area (Å²) in [6.45, 7) is 7.16. The average molecular weight is 267 g/mol. The highest BCUT2D eigenvalue weighted by molar-refractivity contribution is 5.82. The van der Waals surface area contributed by atoms with Gasteiger partial charge in [-0.05, 0) is 52.6 Å². The van der Waals surface area contributed by atoms with Crippen LogP contribution in [0.15, 0.2) is 0 Å². The number of carbonyl (C=O) groups excluding carboxylic acids is 1. The van der Waals surface area contributed by atoms with Crippen LogP contribution in [0.25, 0.3) is 0 Å². The fraction of sp³-hybridized carbons (Fsp3) is 0.933. The van der Waals surface area contributed by atoms with E-state index in [9.17, 15) is 4.79 Å². The van der Waals surface area contributed by atoms with Crippen LogP contribution >= 0.6 is 0 Å². The molecule has 1 amide bonds. The fourth-order valence-electron chi connectivity index (χ4n) is 2.92. The Labute approximate surface area is 117 Å². The second kappa shape index (κ2) is 6.71. The molecule has 2 aliphatic rings. The number of hydrogen-bond acceptors (Lipinski definition) is 3. The van der Waals surface area contributed by atoms with Crippen LogP contribution in [0.5, 0.6) is 0 Å². The van der Waals surface area contributed by atoms with Crippen molar-refractivity contribution >= 4 is 5.91 Å². The molecular formula is C15H29N3O. The molecule has 19 heavy (non-hydrogen) atoms. The zero-order chi connectivity index (χ0) is 13.8. The minimum Gasteiger partial charge on any atom is -0.340 e. The lowest BCUT2D eigenvalue weighted by Gasteiger charge is -2.36. The van der Waals surface area contributed by atoms with Crippen molar-refractivity contribution in [1.82, 2.24) is 15.1 Å². The van der Waals surface area contributed by atoms with Gasteiger partial charge in [-0.1, -0.05) is 6.92 Å². The van der Waals surface area contributed by atoms with Crippen molar-refractivity contribution in [2.45, 2.75) is 64.1 Å². The van der Waals surface area contributed by atoms with E-state index in [0.29, 0.717) is 11.9 Å². The maximum atomic E-state index is 12.4. The molecule has 1 aliphatic heterocycles. The van der Waals surface area contributed by atoms with Gasteiger partial charge in [-0.15, -0.1) is 0 Å². The van der Waals surface area contributed by atoms with Crippen molar-refractivity contribution in [3.63, 3.8) is 0 Å². The minimum atomic E-state index is 0.0622. The fourth-order valence-corrected chi connectivity index (χ4v) is 2.92. The lowest BCUT2D eigenvalue weighted by Crippen LogP contribution is -2.54. The van der Waals surface area contributed by atoms with Crippen LogP contribution in [0.3, 0.4) is 0 Å². The number of nitrogens with one attached hydrogen (secondary N) is 1. The molecule has 2 fully saturated rings. The summed E-state index contributed by atoms with van der Waals surface area (Å²) >= 11 is 0. The predicted molar refractivity (Wildman–Crippen MR) is 78.1 cm³/mol. The van der Waals surface area contributed by atoms with Crippen LogP contribution in [-0.2, 0) is 4.79 Å². The standard InChI is InChI=1S/C15H29N3O/c1-4-9-16-14-6-5-10-18(15(14)19)11-12(2)17(3)13-7-8-13/h12-14,16H,4-11H2,1-3H3. The Bertz CT molecular complexity index is 304. The minimum absolute atomic E-state index is 0.0622. The van der Waals surface area contributed by atoms with E-state index in [4.69, 9.17) is 0 Å². The third kappa shape index (κ3) is 3.93. The topological polar surface area (TPSA) is 35.6 Å². The highest BCUT2D eigenvalue weighted by atomic mass is 16.2. The summed E-state index contributed by atoms with van der Waals surface area (Å²) in [7, 11) is 2.20. The second-order valence-electron chi connectivity index (χ2n) is 6.18. The van der Waals surface area contributed by atoms with Crippen LogP contribution in [0.2, 0.25) is 0 Å². The molecule has 1 heterocycles. The zero-order valence-corrected chi connectivity index (χ0v) is 12.7. The van der Waals surface area contributed by atoms with Crippen molar-refractivity contribution in [1.29, 1.82) is 0 Å². The van der Waals surface area contributed by atoms with Gasteiger partial charge in [-0.25, -0.2) is 0 Å².